The fourth-order valence-corrected chi connectivity index (χ4v) is 1.22. The van der Waals surface area contributed by atoms with Crippen LogP contribution < -0.4 is 5.32 Å². The maximum atomic E-state index is 11.9. The lowest BCUT2D eigenvalue weighted by atomic mass is 10.0. The average molecular weight is 207 g/mol. The number of terminal acetylenes is 1. The molecule has 4 heteroatoms. The van der Waals surface area contributed by atoms with Crippen molar-refractivity contribution >= 4 is 0 Å². The highest BCUT2D eigenvalue weighted by Gasteiger charge is 2.27. The van der Waals surface area contributed by atoms with Crippen LogP contribution in [0.3, 0.4) is 0 Å². The summed E-state index contributed by atoms with van der Waals surface area (Å²) in [6.45, 7) is 0. The van der Waals surface area contributed by atoms with E-state index in [2.05, 4.69) is 11.2 Å². The van der Waals surface area contributed by atoms with Gasteiger partial charge in [-0.3, -0.25) is 0 Å². The van der Waals surface area contributed by atoms with Crippen LogP contribution in [0.15, 0.2) is 0 Å². The molecule has 0 amide bonds. The minimum atomic E-state index is -4.05. The monoisotopic (exact) mass is 207 g/mol. The van der Waals surface area contributed by atoms with Crippen LogP contribution in [0.25, 0.3) is 0 Å². The summed E-state index contributed by atoms with van der Waals surface area (Å²) in [6, 6.07) is -0.0787. The summed E-state index contributed by atoms with van der Waals surface area (Å²) in [5.41, 5.74) is 0. The van der Waals surface area contributed by atoms with Crippen molar-refractivity contribution in [3.05, 3.63) is 0 Å². The van der Waals surface area contributed by atoms with Crippen molar-refractivity contribution in [2.24, 2.45) is 0 Å². The van der Waals surface area contributed by atoms with Gasteiger partial charge >= 0.3 is 6.18 Å². The zero-order valence-corrected chi connectivity index (χ0v) is 8.32. The van der Waals surface area contributed by atoms with Crippen LogP contribution in [-0.4, -0.2) is 19.3 Å². The zero-order chi connectivity index (χ0) is 11.0. The first-order valence-corrected chi connectivity index (χ1v) is 4.67. The van der Waals surface area contributed by atoms with Crippen molar-refractivity contribution in [3.63, 3.8) is 0 Å². The first kappa shape index (κ1) is 13.3. The SMILES string of the molecule is C#CCCCC(CCC(F)(F)F)NC. The van der Waals surface area contributed by atoms with Crippen LogP contribution in [0.1, 0.15) is 32.1 Å². The molecule has 14 heavy (non-hydrogen) atoms. The molecule has 0 aliphatic rings. The summed E-state index contributed by atoms with van der Waals surface area (Å²) in [6.07, 6.45) is 2.51. The second-order valence-corrected chi connectivity index (χ2v) is 3.24. The van der Waals surface area contributed by atoms with E-state index < -0.39 is 12.6 Å². The van der Waals surface area contributed by atoms with Crippen molar-refractivity contribution in [3.8, 4) is 12.3 Å². The summed E-state index contributed by atoms with van der Waals surface area (Å²) in [4.78, 5) is 0. The molecule has 1 unspecified atom stereocenters. The fourth-order valence-electron chi connectivity index (χ4n) is 1.22. The van der Waals surface area contributed by atoms with Crippen LogP contribution in [0, 0.1) is 12.3 Å². The van der Waals surface area contributed by atoms with E-state index in [1.165, 1.54) is 0 Å². The van der Waals surface area contributed by atoms with E-state index in [0.717, 1.165) is 6.42 Å². The maximum absolute atomic E-state index is 11.9. The molecule has 0 aromatic carbocycles. The topological polar surface area (TPSA) is 12.0 Å². The number of halogens is 3. The van der Waals surface area contributed by atoms with Gasteiger partial charge in [-0.25, -0.2) is 0 Å². The Bertz CT molecular complexity index is 181. The predicted molar refractivity (Wildman–Crippen MR) is 50.8 cm³/mol. The lowest BCUT2D eigenvalue weighted by Gasteiger charge is -2.16. The molecule has 0 saturated heterocycles. The Balaban J connectivity index is 3.64. The Kier molecular flexibility index (Phi) is 6.39. The van der Waals surface area contributed by atoms with Crippen molar-refractivity contribution in [1.29, 1.82) is 0 Å². The second kappa shape index (κ2) is 6.72. The molecule has 0 radical (unpaired) electrons. The first-order valence-electron chi connectivity index (χ1n) is 4.67. The van der Waals surface area contributed by atoms with Crippen molar-refractivity contribution in [2.75, 3.05) is 7.05 Å². The minimum Gasteiger partial charge on any atom is -0.317 e. The van der Waals surface area contributed by atoms with Gasteiger partial charge in [0.15, 0.2) is 0 Å². The lowest BCUT2D eigenvalue weighted by molar-refractivity contribution is -0.136. The van der Waals surface area contributed by atoms with Gasteiger partial charge < -0.3 is 5.32 Å². The number of unbranched alkanes of at least 4 members (excludes halogenated alkanes) is 1. The Morgan fingerprint density at radius 2 is 2.00 bits per heavy atom. The van der Waals surface area contributed by atoms with Gasteiger partial charge in [-0.15, -0.1) is 12.3 Å². The molecule has 0 aromatic rings. The van der Waals surface area contributed by atoms with E-state index in [9.17, 15) is 13.2 Å². The molecule has 0 aliphatic carbocycles. The van der Waals surface area contributed by atoms with E-state index in [-0.39, 0.29) is 12.5 Å². The van der Waals surface area contributed by atoms with Gasteiger partial charge in [0.05, 0.1) is 0 Å². The smallest absolute Gasteiger partial charge is 0.317 e. The van der Waals surface area contributed by atoms with Gasteiger partial charge in [-0.2, -0.15) is 13.2 Å². The van der Waals surface area contributed by atoms with Crippen LogP contribution >= 0.6 is 0 Å². The molecule has 1 atom stereocenters. The Hall–Kier alpha value is -0.690. The van der Waals surface area contributed by atoms with E-state index in [0.29, 0.717) is 12.8 Å². The molecule has 0 bridgehead atoms. The zero-order valence-electron chi connectivity index (χ0n) is 8.32. The summed E-state index contributed by atoms with van der Waals surface area (Å²) >= 11 is 0. The highest BCUT2D eigenvalue weighted by Crippen LogP contribution is 2.23. The van der Waals surface area contributed by atoms with Gasteiger partial charge in [0.2, 0.25) is 0 Å². The van der Waals surface area contributed by atoms with Gasteiger partial charge in [-0.1, -0.05) is 0 Å². The minimum absolute atomic E-state index is 0.0787. The maximum Gasteiger partial charge on any atom is 0.389 e. The molecule has 1 nitrogen and oxygen atoms in total. The van der Waals surface area contributed by atoms with Crippen LogP contribution in [0.4, 0.5) is 13.2 Å². The number of hydrogen-bond donors (Lipinski definition) is 1. The van der Waals surface area contributed by atoms with Crippen molar-refractivity contribution in [1.82, 2.24) is 5.32 Å². The predicted octanol–water partition coefficient (Wildman–Crippen LogP) is 2.72. The molecule has 1 N–H and O–H groups in total. The second-order valence-electron chi connectivity index (χ2n) is 3.24. The third-order valence-corrected chi connectivity index (χ3v) is 2.06. The first-order chi connectivity index (χ1) is 6.49. The molecule has 82 valence electrons. The van der Waals surface area contributed by atoms with E-state index >= 15 is 0 Å². The number of hydrogen-bond acceptors (Lipinski definition) is 1. The standard InChI is InChI=1S/C10H16F3N/c1-3-4-5-6-9(14-2)7-8-10(11,12)13/h1,9,14H,4-8H2,2H3. The molecular weight excluding hydrogens is 191 g/mol. The lowest BCUT2D eigenvalue weighted by Crippen LogP contribution is -2.27. The van der Waals surface area contributed by atoms with Gasteiger partial charge in [0, 0.05) is 18.9 Å². The number of rotatable bonds is 6. The Morgan fingerprint density at radius 3 is 2.43 bits per heavy atom. The quantitative estimate of drug-likeness (QED) is 0.521. The molecule has 0 rings (SSSR count). The normalized spacial score (nSPS) is 13.6. The highest BCUT2D eigenvalue weighted by molar-refractivity contribution is 4.83. The summed E-state index contributed by atoms with van der Waals surface area (Å²) < 4.78 is 35.6. The van der Waals surface area contributed by atoms with Gasteiger partial charge in [0.25, 0.3) is 0 Å². The van der Waals surface area contributed by atoms with Crippen molar-refractivity contribution < 1.29 is 13.2 Å². The van der Waals surface area contributed by atoms with E-state index in [1.807, 2.05) is 0 Å². The number of alkyl halides is 3. The van der Waals surface area contributed by atoms with Gasteiger partial charge in [0.1, 0.15) is 0 Å². The summed E-state index contributed by atoms with van der Waals surface area (Å²) in [5.74, 6) is 2.47. The molecule has 0 spiro atoms. The third-order valence-electron chi connectivity index (χ3n) is 2.06. The van der Waals surface area contributed by atoms with Crippen LogP contribution in [0.5, 0.6) is 0 Å². The summed E-state index contributed by atoms with van der Waals surface area (Å²) in [5, 5.41) is 2.86. The number of nitrogens with one attached hydrogen (secondary N) is 1. The Labute approximate surface area is 83.1 Å². The highest BCUT2D eigenvalue weighted by atomic mass is 19.4. The molecule has 0 fully saturated rings. The molecule has 0 heterocycles. The average Bonchev–Trinajstić information content (AvgIpc) is 2.09. The fraction of sp³-hybridized carbons (Fsp3) is 0.800. The van der Waals surface area contributed by atoms with Gasteiger partial charge in [-0.05, 0) is 26.3 Å². The van der Waals surface area contributed by atoms with E-state index in [1.54, 1.807) is 7.05 Å². The largest absolute Gasteiger partial charge is 0.389 e. The third kappa shape index (κ3) is 7.93. The molecule has 0 aliphatic heterocycles. The Morgan fingerprint density at radius 1 is 1.36 bits per heavy atom. The van der Waals surface area contributed by atoms with E-state index in [4.69, 9.17) is 6.42 Å². The van der Waals surface area contributed by atoms with Crippen LogP contribution in [0.2, 0.25) is 0 Å². The van der Waals surface area contributed by atoms with Crippen molar-refractivity contribution in [2.45, 2.75) is 44.3 Å². The molecular formula is C10H16F3N. The summed E-state index contributed by atoms with van der Waals surface area (Å²) in [7, 11) is 1.68. The van der Waals surface area contributed by atoms with Crippen LogP contribution in [-0.2, 0) is 0 Å². The molecule has 0 aromatic heterocycles. The molecule has 0 saturated carbocycles.